The maximum atomic E-state index is 11.5. The maximum absolute atomic E-state index is 11.5. The molecule has 1 aromatic rings. The number of anilines is 1. The Hall–Kier alpha value is -1.08. The number of amides is 1. The topological polar surface area (TPSA) is 80.0 Å². The molecule has 0 aliphatic carbocycles. The van der Waals surface area contributed by atoms with Crippen molar-refractivity contribution < 1.29 is 9.21 Å². The summed E-state index contributed by atoms with van der Waals surface area (Å²) in [5, 5.41) is 12.9. The second kappa shape index (κ2) is 3.97. The van der Waals surface area contributed by atoms with Gasteiger partial charge in [-0.2, -0.15) is 0 Å². The third-order valence-corrected chi connectivity index (χ3v) is 2.73. The highest BCUT2D eigenvalue weighted by Gasteiger charge is 2.23. The SMILES string of the molecule is Cc1nnc(NC(=O)C2CSCN2)o1. The van der Waals surface area contributed by atoms with E-state index in [1.54, 1.807) is 18.7 Å². The van der Waals surface area contributed by atoms with Gasteiger partial charge in [-0.25, -0.2) is 0 Å². The number of carbonyl (C=O) groups excluding carboxylic acids is 1. The van der Waals surface area contributed by atoms with E-state index in [4.69, 9.17) is 4.42 Å². The lowest BCUT2D eigenvalue weighted by molar-refractivity contribution is -0.117. The third-order valence-electron chi connectivity index (χ3n) is 1.79. The van der Waals surface area contributed by atoms with Crippen LogP contribution in [0.4, 0.5) is 6.01 Å². The first-order valence-electron chi connectivity index (χ1n) is 4.18. The minimum atomic E-state index is -0.160. The molecular formula is C7H10N4O2S. The van der Waals surface area contributed by atoms with E-state index in [0.29, 0.717) is 5.89 Å². The lowest BCUT2D eigenvalue weighted by atomic mass is 10.3. The van der Waals surface area contributed by atoms with Gasteiger partial charge in [0, 0.05) is 18.6 Å². The summed E-state index contributed by atoms with van der Waals surface area (Å²) in [7, 11) is 0. The zero-order valence-corrected chi connectivity index (χ0v) is 8.43. The maximum Gasteiger partial charge on any atom is 0.322 e. The van der Waals surface area contributed by atoms with Crippen LogP contribution in [0.3, 0.4) is 0 Å². The first-order valence-corrected chi connectivity index (χ1v) is 5.33. The second-order valence-electron chi connectivity index (χ2n) is 2.89. The standard InChI is InChI=1S/C7H10N4O2S/c1-4-10-11-7(13-4)9-6(12)5-2-14-3-8-5/h5,8H,2-3H2,1H3,(H,9,11,12). The third kappa shape index (κ3) is 2.05. The van der Waals surface area contributed by atoms with Crippen molar-refractivity contribution in [3.8, 4) is 0 Å². The van der Waals surface area contributed by atoms with Gasteiger partial charge in [0.05, 0.1) is 6.04 Å². The van der Waals surface area contributed by atoms with Crippen LogP contribution in [0.25, 0.3) is 0 Å². The molecule has 0 radical (unpaired) electrons. The van der Waals surface area contributed by atoms with Gasteiger partial charge in [-0.1, -0.05) is 5.10 Å². The molecule has 76 valence electrons. The molecule has 0 spiro atoms. The molecule has 1 aromatic heterocycles. The molecule has 1 aliphatic heterocycles. The van der Waals surface area contributed by atoms with Crippen molar-refractivity contribution in [2.24, 2.45) is 0 Å². The number of nitrogens with one attached hydrogen (secondary N) is 2. The number of rotatable bonds is 2. The van der Waals surface area contributed by atoms with Gasteiger partial charge in [0.15, 0.2) is 0 Å². The molecule has 2 rings (SSSR count). The average molecular weight is 214 g/mol. The molecule has 0 bridgehead atoms. The highest BCUT2D eigenvalue weighted by atomic mass is 32.2. The lowest BCUT2D eigenvalue weighted by Gasteiger charge is -2.06. The predicted octanol–water partition coefficient (Wildman–Crippen LogP) is -0.0210. The molecule has 6 nitrogen and oxygen atoms in total. The summed E-state index contributed by atoms with van der Waals surface area (Å²) in [6, 6.07) is -0.00148. The molecule has 1 unspecified atom stereocenters. The van der Waals surface area contributed by atoms with Crippen molar-refractivity contribution in [1.82, 2.24) is 15.5 Å². The van der Waals surface area contributed by atoms with Gasteiger partial charge in [0.1, 0.15) is 0 Å². The number of hydrogen-bond donors (Lipinski definition) is 2. The van der Waals surface area contributed by atoms with Gasteiger partial charge in [0.25, 0.3) is 0 Å². The fourth-order valence-corrected chi connectivity index (χ4v) is 2.05. The Morgan fingerprint density at radius 2 is 2.57 bits per heavy atom. The Kier molecular flexibility index (Phi) is 2.69. The molecule has 1 aliphatic rings. The van der Waals surface area contributed by atoms with Crippen LogP contribution < -0.4 is 10.6 Å². The van der Waals surface area contributed by atoms with Crippen LogP contribution in [0.5, 0.6) is 0 Å². The molecule has 0 saturated carbocycles. The Balaban J connectivity index is 1.93. The molecule has 1 fully saturated rings. The zero-order valence-electron chi connectivity index (χ0n) is 7.61. The van der Waals surface area contributed by atoms with Gasteiger partial charge >= 0.3 is 6.01 Å². The van der Waals surface area contributed by atoms with E-state index in [0.717, 1.165) is 11.6 Å². The molecule has 2 N–H and O–H groups in total. The van der Waals surface area contributed by atoms with Crippen LogP contribution in [-0.2, 0) is 4.79 Å². The second-order valence-corrected chi connectivity index (χ2v) is 3.92. The molecule has 14 heavy (non-hydrogen) atoms. The van der Waals surface area contributed by atoms with Crippen LogP contribution >= 0.6 is 11.8 Å². The minimum Gasteiger partial charge on any atom is -0.408 e. The molecule has 0 aromatic carbocycles. The van der Waals surface area contributed by atoms with E-state index >= 15 is 0 Å². The summed E-state index contributed by atoms with van der Waals surface area (Å²) in [6.07, 6.45) is 0. The van der Waals surface area contributed by atoms with E-state index in [2.05, 4.69) is 20.8 Å². The highest BCUT2D eigenvalue weighted by molar-refractivity contribution is 7.99. The van der Waals surface area contributed by atoms with E-state index < -0.39 is 0 Å². The fourth-order valence-electron chi connectivity index (χ4n) is 1.10. The zero-order chi connectivity index (χ0) is 9.97. The van der Waals surface area contributed by atoms with Crippen LogP contribution in [-0.4, -0.2) is 33.8 Å². The summed E-state index contributed by atoms with van der Waals surface area (Å²) in [4.78, 5) is 11.5. The summed E-state index contributed by atoms with van der Waals surface area (Å²) in [6.45, 7) is 1.67. The highest BCUT2D eigenvalue weighted by Crippen LogP contribution is 2.11. The molecule has 2 heterocycles. The summed E-state index contributed by atoms with van der Waals surface area (Å²) in [5.74, 6) is 1.90. The largest absolute Gasteiger partial charge is 0.408 e. The Bertz CT molecular complexity index is 334. The number of carbonyl (C=O) groups is 1. The van der Waals surface area contributed by atoms with Crippen molar-refractivity contribution in [2.45, 2.75) is 13.0 Å². The van der Waals surface area contributed by atoms with Crippen molar-refractivity contribution in [3.63, 3.8) is 0 Å². The number of nitrogens with zero attached hydrogens (tertiary/aromatic N) is 2. The molecule has 1 atom stereocenters. The first-order chi connectivity index (χ1) is 6.75. The van der Waals surface area contributed by atoms with Gasteiger partial charge in [0.2, 0.25) is 11.8 Å². The first kappa shape index (κ1) is 9.47. The number of aryl methyl sites for hydroxylation is 1. The molecule has 7 heteroatoms. The smallest absolute Gasteiger partial charge is 0.322 e. The molecule has 1 amide bonds. The van der Waals surface area contributed by atoms with Gasteiger partial charge in [-0.05, 0) is 0 Å². The molecule has 1 saturated heterocycles. The Morgan fingerprint density at radius 3 is 3.14 bits per heavy atom. The van der Waals surface area contributed by atoms with Crippen molar-refractivity contribution in [3.05, 3.63) is 5.89 Å². The summed E-state index contributed by atoms with van der Waals surface area (Å²) >= 11 is 1.69. The van der Waals surface area contributed by atoms with Crippen LogP contribution in [0, 0.1) is 6.92 Å². The predicted molar refractivity (Wildman–Crippen MR) is 51.9 cm³/mol. The number of thioether (sulfide) groups is 1. The van der Waals surface area contributed by atoms with Crippen LogP contribution in [0.1, 0.15) is 5.89 Å². The van der Waals surface area contributed by atoms with Crippen molar-refractivity contribution >= 4 is 23.7 Å². The van der Waals surface area contributed by atoms with E-state index in [1.807, 2.05) is 0 Å². The number of aromatic nitrogens is 2. The molecular weight excluding hydrogens is 204 g/mol. The minimum absolute atomic E-state index is 0.126. The number of hydrogen-bond acceptors (Lipinski definition) is 6. The van der Waals surface area contributed by atoms with Gasteiger partial charge < -0.3 is 4.42 Å². The van der Waals surface area contributed by atoms with Crippen molar-refractivity contribution in [1.29, 1.82) is 0 Å². The quantitative estimate of drug-likeness (QED) is 0.720. The van der Waals surface area contributed by atoms with Crippen molar-refractivity contribution in [2.75, 3.05) is 16.9 Å². The fraction of sp³-hybridized carbons (Fsp3) is 0.571. The van der Waals surface area contributed by atoms with Gasteiger partial charge in [-0.3, -0.25) is 15.4 Å². The normalized spacial score (nSPS) is 21.1. The summed E-state index contributed by atoms with van der Waals surface area (Å²) in [5.41, 5.74) is 0. The monoisotopic (exact) mass is 214 g/mol. The Labute approximate surface area is 84.8 Å². The van der Waals surface area contributed by atoms with E-state index in [9.17, 15) is 4.79 Å². The van der Waals surface area contributed by atoms with E-state index in [-0.39, 0.29) is 18.0 Å². The summed E-state index contributed by atoms with van der Waals surface area (Å²) < 4.78 is 5.02. The lowest BCUT2D eigenvalue weighted by Crippen LogP contribution is -2.37. The van der Waals surface area contributed by atoms with Gasteiger partial charge in [-0.15, -0.1) is 16.9 Å². The average Bonchev–Trinajstić information content (AvgIpc) is 2.75. The van der Waals surface area contributed by atoms with E-state index in [1.165, 1.54) is 0 Å². The Morgan fingerprint density at radius 1 is 1.71 bits per heavy atom. The van der Waals surface area contributed by atoms with Crippen LogP contribution in [0.2, 0.25) is 0 Å². The van der Waals surface area contributed by atoms with Crippen LogP contribution in [0.15, 0.2) is 4.42 Å².